The maximum absolute atomic E-state index is 12.4. The van der Waals surface area contributed by atoms with Gasteiger partial charge >= 0.3 is 12.1 Å². The van der Waals surface area contributed by atoms with Crippen molar-refractivity contribution in [2.75, 3.05) is 6.54 Å². The smallest absolute Gasteiger partial charge is 0.426 e. The molecule has 2 rings (SSSR count). The number of phenols is 1. The van der Waals surface area contributed by atoms with Gasteiger partial charge < -0.3 is 15.2 Å². The van der Waals surface area contributed by atoms with E-state index in [1.54, 1.807) is 12.1 Å². The Labute approximate surface area is 195 Å². The first kappa shape index (κ1) is 23.2. The second-order valence-corrected chi connectivity index (χ2v) is 8.35. The van der Waals surface area contributed by atoms with Crippen molar-refractivity contribution in [1.29, 1.82) is 0 Å². The minimum Gasteiger partial charge on any atom is -0.506 e. The number of Topliss-reactive ketones (excluding diaryl/α,β-unsaturated/α-hetero) is 1. The number of carbonyl (C=O) groups is 3. The second kappa shape index (κ2) is 11.2. The first-order valence-corrected chi connectivity index (χ1v) is 10.6. The van der Waals surface area contributed by atoms with Crippen molar-refractivity contribution in [2.45, 2.75) is 20.1 Å². The quantitative estimate of drug-likeness (QED) is 0.338. The van der Waals surface area contributed by atoms with Crippen LogP contribution in [0.15, 0.2) is 42.5 Å². The summed E-state index contributed by atoms with van der Waals surface area (Å²) in [5.74, 6) is -0.0727. The molecular weight excluding hydrogens is 604 g/mol. The number of halogens is 2. The highest BCUT2D eigenvalue weighted by molar-refractivity contribution is 14.1. The summed E-state index contributed by atoms with van der Waals surface area (Å²) < 4.78 is 6.38. The monoisotopic (exact) mass is 623 g/mol. The van der Waals surface area contributed by atoms with Gasteiger partial charge in [0, 0.05) is 0 Å². The highest BCUT2D eigenvalue weighted by Crippen LogP contribution is 2.27. The van der Waals surface area contributed by atoms with Crippen molar-refractivity contribution in [3.63, 3.8) is 0 Å². The second-order valence-electron chi connectivity index (χ2n) is 6.03. The van der Waals surface area contributed by atoms with Crippen molar-refractivity contribution >= 4 is 63.1 Å². The highest BCUT2D eigenvalue weighted by atomic mass is 127. The van der Waals surface area contributed by atoms with E-state index in [0.29, 0.717) is 12.7 Å². The SMILES string of the molecule is CC(=O)CNC(=O)N(Cc1cc(I)c(O)c(I)c1)NC(=O)OCc1ccccc1. The minimum absolute atomic E-state index is 0.0104. The van der Waals surface area contributed by atoms with Gasteiger partial charge in [-0.3, -0.25) is 4.79 Å². The number of amides is 3. The molecule has 0 heterocycles. The van der Waals surface area contributed by atoms with E-state index in [9.17, 15) is 19.5 Å². The molecular formula is C19H19I2N3O5. The fourth-order valence-corrected chi connectivity index (χ4v) is 4.11. The van der Waals surface area contributed by atoms with E-state index in [1.807, 2.05) is 75.5 Å². The number of carbonyl (C=O) groups excluding carboxylic acids is 3. The molecule has 0 atom stereocenters. The van der Waals surface area contributed by atoms with Gasteiger partial charge in [-0.05, 0) is 75.4 Å². The lowest BCUT2D eigenvalue weighted by atomic mass is 10.2. The van der Waals surface area contributed by atoms with Gasteiger partial charge in [0.2, 0.25) is 0 Å². The molecule has 0 radical (unpaired) electrons. The number of urea groups is 1. The molecule has 0 aliphatic heterocycles. The molecule has 2 aromatic carbocycles. The number of aromatic hydroxyl groups is 1. The van der Waals surface area contributed by atoms with Gasteiger partial charge in [0.1, 0.15) is 18.1 Å². The molecule has 0 saturated carbocycles. The topological polar surface area (TPSA) is 108 Å². The predicted octanol–water partition coefficient (Wildman–Crippen LogP) is 3.54. The number of rotatable bonds is 6. The number of ketones is 1. The number of phenolic OH excluding ortho intramolecular Hbond substituents is 1. The molecule has 2 aromatic rings. The van der Waals surface area contributed by atoms with Crippen LogP contribution < -0.4 is 10.7 Å². The van der Waals surface area contributed by atoms with E-state index in [-0.39, 0.29) is 31.2 Å². The zero-order chi connectivity index (χ0) is 21.4. The lowest BCUT2D eigenvalue weighted by molar-refractivity contribution is -0.116. The Morgan fingerprint density at radius 3 is 2.28 bits per heavy atom. The van der Waals surface area contributed by atoms with Crippen molar-refractivity contribution in [2.24, 2.45) is 0 Å². The molecule has 29 heavy (non-hydrogen) atoms. The molecule has 0 unspecified atom stereocenters. The summed E-state index contributed by atoms with van der Waals surface area (Å²) in [6, 6.07) is 11.9. The van der Waals surface area contributed by atoms with Crippen molar-refractivity contribution in [3.05, 3.63) is 60.7 Å². The van der Waals surface area contributed by atoms with E-state index >= 15 is 0 Å². The number of nitrogens with zero attached hydrogens (tertiary/aromatic N) is 1. The largest absolute Gasteiger partial charge is 0.506 e. The van der Waals surface area contributed by atoms with Crippen LogP contribution in [-0.2, 0) is 22.7 Å². The lowest BCUT2D eigenvalue weighted by Crippen LogP contribution is -2.51. The van der Waals surface area contributed by atoms with Crippen LogP contribution in [0.3, 0.4) is 0 Å². The Bertz CT molecular complexity index is 870. The molecule has 10 heteroatoms. The van der Waals surface area contributed by atoms with E-state index in [0.717, 1.165) is 10.6 Å². The van der Waals surface area contributed by atoms with E-state index in [4.69, 9.17) is 4.74 Å². The number of ether oxygens (including phenoxy) is 1. The molecule has 3 amide bonds. The molecule has 0 bridgehead atoms. The fraction of sp³-hybridized carbons (Fsp3) is 0.211. The molecule has 0 fully saturated rings. The Balaban J connectivity index is 2.08. The molecule has 8 nitrogen and oxygen atoms in total. The summed E-state index contributed by atoms with van der Waals surface area (Å²) in [6.07, 6.45) is -0.810. The van der Waals surface area contributed by atoms with E-state index in [1.165, 1.54) is 6.92 Å². The van der Waals surface area contributed by atoms with Crippen LogP contribution in [0.25, 0.3) is 0 Å². The Hall–Kier alpha value is -2.09. The number of hydrogen-bond donors (Lipinski definition) is 3. The van der Waals surface area contributed by atoms with Crippen LogP contribution in [0.4, 0.5) is 9.59 Å². The van der Waals surface area contributed by atoms with E-state index in [2.05, 4.69) is 10.7 Å². The molecule has 0 saturated heterocycles. The van der Waals surface area contributed by atoms with Crippen LogP contribution in [0.1, 0.15) is 18.1 Å². The Morgan fingerprint density at radius 1 is 1.07 bits per heavy atom. The summed E-state index contributed by atoms with van der Waals surface area (Å²) in [6.45, 7) is 1.23. The predicted molar refractivity (Wildman–Crippen MR) is 123 cm³/mol. The molecule has 0 aromatic heterocycles. The summed E-state index contributed by atoms with van der Waals surface area (Å²) >= 11 is 3.96. The molecule has 0 aliphatic rings. The van der Waals surface area contributed by atoms with Gasteiger partial charge in [0.15, 0.2) is 0 Å². The fourth-order valence-electron chi connectivity index (χ4n) is 2.22. The summed E-state index contributed by atoms with van der Waals surface area (Å²) in [5.41, 5.74) is 3.88. The van der Waals surface area contributed by atoms with Crippen LogP contribution in [-0.4, -0.2) is 34.6 Å². The van der Waals surface area contributed by atoms with Gasteiger partial charge in [0.05, 0.1) is 20.2 Å². The number of nitrogens with one attached hydrogen (secondary N) is 2. The van der Waals surface area contributed by atoms with Gasteiger partial charge in [-0.25, -0.2) is 20.0 Å². The van der Waals surface area contributed by atoms with Crippen LogP contribution >= 0.6 is 45.2 Å². The van der Waals surface area contributed by atoms with Crippen molar-refractivity contribution in [3.8, 4) is 5.75 Å². The van der Waals surface area contributed by atoms with Gasteiger partial charge in [-0.2, -0.15) is 0 Å². The lowest BCUT2D eigenvalue weighted by Gasteiger charge is -2.23. The average Bonchev–Trinajstić information content (AvgIpc) is 2.68. The average molecular weight is 623 g/mol. The van der Waals surface area contributed by atoms with Gasteiger partial charge in [-0.1, -0.05) is 30.3 Å². The molecule has 0 aliphatic carbocycles. The Morgan fingerprint density at radius 2 is 1.69 bits per heavy atom. The normalized spacial score (nSPS) is 10.2. The minimum atomic E-state index is -0.810. The highest BCUT2D eigenvalue weighted by Gasteiger charge is 2.19. The standard InChI is InChI=1S/C19H19I2N3O5/c1-12(25)9-22-18(27)24(10-14-7-15(20)17(26)16(21)8-14)23-19(28)29-11-13-5-3-2-4-6-13/h2-8,26H,9-11H2,1H3,(H,22,27)(H,23,28). The van der Waals surface area contributed by atoms with Crippen molar-refractivity contribution < 1.29 is 24.2 Å². The maximum atomic E-state index is 12.4. The van der Waals surface area contributed by atoms with Crippen LogP contribution in [0, 0.1) is 7.14 Å². The molecule has 3 N–H and O–H groups in total. The summed E-state index contributed by atoms with van der Waals surface area (Å²) in [7, 11) is 0. The third-order valence-electron chi connectivity index (χ3n) is 3.59. The summed E-state index contributed by atoms with van der Waals surface area (Å²) in [5, 5.41) is 13.4. The van der Waals surface area contributed by atoms with Gasteiger partial charge in [-0.15, -0.1) is 0 Å². The number of hydrazine groups is 1. The third-order valence-corrected chi connectivity index (χ3v) is 5.23. The Kier molecular flexibility index (Phi) is 8.95. The zero-order valence-corrected chi connectivity index (χ0v) is 19.8. The number of benzene rings is 2. The first-order valence-electron chi connectivity index (χ1n) is 8.45. The van der Waals surface area contributed by atoms with Gasteiger partial charge in [0.25, 0.3) is 0 Å². The molecule has 0 spiro atoms. The van der Waals surface area contributed by atoms with Crippen LogP contribution in [0.2, 0.25) is 0 Å². The maximum Gasteiger partial charge on any atom is 0.426 e. The third kappa shape index (κ3) is 7.68. The van der Waals surface area contributed by atoms with Crippen molar-refractivity contribution in [1.82, 2.24) is 15.8 Å². The first-order chi connectivity index (χ1) is 13.8. The zero-order valence-electron chi connectivity index (χ0n) is 15.4. The number of hydrogen-bond acceptors (Lipinski definition) is 5. The van der Waals surface area contributed by atoms with Crippen LogP contribution in [0.5, 0.6) is 5.75 Å². The molecule has 154 valence electrons. The van der Waals surface area contributed by atoms with E-state index < -0.39 is 12.1 Å². The summed E-state index contributed by atoms with van der Waals surface area (Å²) in [4.78, 5) is 35.8.